The van der Waals surface area contributed by atoms with Crippen LogP contribution in [-0.2, 0) is 21.4 Å². The fourth-order valence-corrected chi connectivity index (χ4v) is 4.77. The fourth-order valence-electron chi connectivity index (χ4n) is 3.25. The second-order valence-electron chi connectivity index (χ2n) is 6.73. The van der Waals surface area contributed by atoms with E-state index in [1.807, 2.05) is 24.3 Å². The number of nitrogens with one attached hydrogen (secondary N) is 1. The van der Waals surface area contributed by atoms with Crippen LogP contribution in [0.1, 0.15) is 18.4 Å². The van der Waals surface area contributed by atoms with Crippen molar-refractivity contribution in [1.82, 2.24) is 9.62 Å². The van der Waals surface area contributed by atoms with Gasteiger partial charge in [0.05, 0.1) is 17.9 Å². The van der Waals surface area contributed by atoms with E-state index in [1.54, 1.807) is 7.11 Å². The quantitative estimate of drug-likeness (QED) is 0.800. The first-order valence-corrected chi connectivity index (χ1v) is 10.5. The smallest absolute Gasteiger partial charge is 0.243 e. The fraction of sp³-hybridized carbons (Fsp3) is 0.350. The zero-order valence-electron chi connectivity index (χ0n) is 15.6. The van der Waals surface area contributed by atoms with Crippen molar-refractivity contribution in [1.29, 1.82) is 0 Å². The Bertz CT molecular complexity index is 931. The summed E-state index contributed by atoms with van der Waals surface area (Å²) in [7, 11) is -2.17. The molecule has 1 atom stereocenters. The molecule has 1 N–H and O–H groups in total. The van der Waals surface area contributed by atoms with Crippen LogP contribution in [0.2, 0.25) is 0 Å². The van der Waals surface area contributed by atoms with Gasteiger partial charge in [-0.15, -0.1) is 0 Å². The first-order valence-electron chi connectivity index (χ1n) is 9.06. The molecule has 0 radical (unpaired) electrons. The number of hydrogen-bond acceptors (Lipinski definition) is 4. The van der Waals surface area contributed by atoms with Gasteiger partial charge in [-0.2, -0.15) is 4.31 Å². The maximum atomic E-state index is 13.1. The number of hydrogen-bond donors (Lipinski definition) is 1. The number of piperidine rings is 1. The minimum atomic E-state index is -3.75. The minimum absolute atomic E-state index is 0.0336. The summed E-state index contributed by atoms with van der Waals surface area (Å²) in [6.45, 7) is 0.806. The summed E-state index contributed by atoms with van der Waals surface area (Å²) in [6.07, 6.45) is 1.22. The zero-order chi connectivity index (χ0) is 20.1. The van der Waals surface area contributed by atoms with E-state index in [1.165, 1.54) is 16.4 Å². The van der Waals surface area contributed by atoms with E-state index in [9.17, 15) is 17.6 Å². The summed E-state index contributed by atoms with van der Waals surface area (Å²) in [4.78, 5) is 12.6. The van der Waals surface area contributed by atoms with Crippen LogP contribution in [0.15, 0.2) is 53.4 Å². The molecule has 1 aliphatic rings. The molecular formula is C20H23FN2O4S. The minimum Gasteiger partial charge on any atom is -0.497 e. The number of nitrogens with zero attached hydrogens (tertiary/aromatic N) is 1. The van der Waals surface area contributed by atoms with Crippen molar-refractivity contribution >= 4 is 15.9 Å². The Morgan fingerprint density at radius 3 is 2.71 bits per heavy atom. The van der Waals surface area contributed by atoms with Gasteiger partial charge in [0.1, 0.15) is 11.6 Å². The van der Waals surface area contributed by atoms with Crippen LogP contribution in [0.25, 0.3) is 0 Å². The van der Waals surface area contributed by atoms with Crippen molar-refractivity contribution in [2.75, 3.05) is 20.2 Å². The topological polar surface area (TPSA) is 75.7 Å². The Kier molecular flexibility index (Phi) is 6.31. The van der Waals surface area contributed by atoms with Crippen molar-refractivity contribution in [3.05, 3.63) is 59.9 Å². The largest absolute Gasteiger partial charge is 0.497 e. The number of rotatable bonds is 6. The summed E-state index contributed by atoms with van der Waals surface area (Å²) in [5, 5.41) is 2.87. The van der Waals surface area contributed by atoms with Gasteiger partial charge in [-0.1, -0.05) is 12.1 Å². The van der Waals surface area contributed by atoms with Gasteiger partial charge >= 0.3 is 0 Å². The van der Waals surface area contributed by atoms with Crippen LogP contribution in [0.4, 0.5) is 4.39 Å². The van der Waals surface area contributed by atoms with E-state index < -0.39 is 21.8 Å². The lowest BCUT2D eigenvalue weighted by atomic mass is 9.99. The van der Waals surface area contributed by atoms with Gasteiger partial charge in [-0.3, -0.25) is 4.79 Å². The van der Waals surface area contributed by atoms with Crippen molar-refractivity contribution in [3.8, 4) is 5.75 Å². The third kappa shape index (κ3) is 4.69. The number of methoxy groups -OCH3 is 1. The third-order valence-corrected chi connectivity index (χ3v) is 6.69. The SMILES string of the molecule is COc1cccc(CNC(=O)[C@H]2CCCN(S(=O)(=O)c3ccc(F)cc3)C2)c1. The lowest BCUT2D eigenvalue weighted by Gasteiger charge is -2.31. The molecule has 2 aromatic rings. The average Bonchev–Trinajstić information content (AvgIpc) is 2.72. The number of carbonyl (C=O) groups excluding carboxylic acids is 1. The van der Waals surface area contributed by atoms with Crippen LogP contribution < -0.4 is 10.1 Å². The predicted molar refractivity (Wildman–Crippen MR) is 103 cm³/mol. The number of benzene rings is 2. The monoisotopic (exact) mass is 406 g/mol. The summed E-state index contributed by atoms with van der Waals surface area (Å²) < 4.78 is 45.1. The van der Waals surface area contributed by atoms with E-state index in [0.717, 1.165) is 17.7 Å². The normalized spacial score (nSPS) is 17.9. The van der Waals surface area contributed by atoms with Gasteiger partial charge in [0, 0.05) is 19.6 Å². The van der Waals surface area contributed by atoms with E-state index in [-0.39, 0.29) is 17.3 Å². The third-order valence-electron chi connectivity index (χ3n) is 4.81. The Labute approximate surface area is 164 Å². The molecule has 1 fully saturated rings. The molecule has 6 nitrogen and oxygen atoms in total. The second kappa shape index (κ2) is 8.70. The van der Waals surface area contributed by atoms with E-state index >= 15 is 0 Å². The van der Waals surface area contributed by atoms with Crippen LogP contribution in [0, 0.1) is 11.7 Å². The number of sulfonamides is 1. The van der Waals surface area contributed by atoms with Gasteiger partial charge in [0.15, 0.2) is 0 Å². The lowest BCUT2D eigenvalue weighted by molar-refractivity contribution is -0.126. The molecule has 0 bridgehead atoms. The number of ether oxygens (including phenoxy) is 1. The van der Waals surface area contributed by atoms with Gasteiger partial charge in [-0.25, -0.2) is 12.8 Å². The van der Waals surface area contributed by atoms with Crippen LogP contribution in [0.3, 0.4) is 0 Å². The van der Waals surface area contributed by atoms with Crippen molar-refractivity contribution in [3.63, 3.8) is 0 Å². The van der Waals surface area contributed by atoms with Crippen molar-refractivity contribution < 1.29 is 22.3 Å². The van der Waals surface area contributed by atoms with Gasteiger partial charge in [0.2, 0.25) is 15.9 Å². The van der Waals surface area contributed by atoms with Crippen LogP contribution >= 0.6 is 0 Å². The van der Waals surface area contributed by atoms with E-state index in [0.29, 0.717) is 31.7 Å². The summed E-state index contributed by atoms with van der Waals surface area (Å²) >= 11 is 0. The molecule has 3 rings (SSSR count). The summed E-state index contributed by atoms with van der Waals surface area (Å²) in [5.74, 6) is -0.384. The highest BCUT2D eigenvalue weighted by atomic mass is 32.2. The molecule has 8 heteroatoms. The summed E-state index contributed by atoms with van der Waals surface area (Å²) in [6, 6.07) is 12.1. The number of carbonyl (C=O) groups is 1. The molecule has 0 saturated carbocycles. The van der Waals surface area contributed by atoms with Gasteiger partial charge in [-0.05, 0) is 54.8 Å². The molecule has 1 heterocycles. The maximum Gasteiger partial charge on any atom is 0.243 e. The molecule has 1 aliphatic heterocycles. The lowest BCUT2D eigenvalue weighted by Crippen LogP contribution is -2.45. The molecule has 0 aliphatic carbocycles. The van der Waals surface area contributed by atoms with Crippen molar-refractivity contribution in [2.45, 2.75) is 24.3 Å². The molecular weight excluding hydrogens is 383 g/mol. The highest BCUT2D eigenvalue weighted by molar-refractivity contribution is 7.89. The molecule has 150 valence electrons. The van der Waals surface area contributed by atoms with Crippen LogP contribution in [0.5, 0.6) is 5.75 Å². The molecule has 0 aromatic heterocycles. The Balaban J connectivity index is 1.63. The van der Waals surface area contributed by atoms with E-state index in [4.69, 9.17) is 4.74 Å². The predicted octanol–water partition coefficient (Wildman–Crippen LogP) is 2.55. The Hall–Kier alpha value is -2.45. The molecule has 1 saturated heterocycles. The van der Waals surface area contributed by atoms with E-state index in [2.05, 4.69) is 5.32 Å². The highest BCUT2D eigenvalue weighted by Gasteiger charge is 2.33. The maximum absolute atomic E-state index is 13.1. The molecule has 28 heavy (non-hydrogen) atoms. The summed E-state index contributed by atoms with van der Waals surface area (Å²) in [5.41, 5.74) is 0.902. The van der Waals surface area contributed by atoms with Crippen LogP contribution in [-0.4, -0.2) is 38.8 Å². The first kappa shape index (κ1) is 20.3. The molecule has 1 amide bonds. The van der Waals surface area contributed by atoms with Gasteiger partial charge in [0.25, 0.3) is 0 Å². The zero-order valence-corrected chi connectivity index (χ0v) is 16.4. The molecule has 0 spiro atoms. The van der Waals surface area contributed by atoms with Gasteiger partial charge < -0.3 is 10.1 Å². The number of halogens is 1. The standard InChI is InChI=1S/C20H23FN2O4S/c1-27-18-6-2-4-15(12-18)13-22-20(24)16-5-3-11-23(14-16)28(25,26)19-9-7-17(21)8-10-19/h2,4,6-10,12,16H,3,5,11,13-14H2,1H3,(H,22,24)/t16-/m0/s1. The van der Waals surface area contributed by atoms with Crippen molar-refractivity contribution in [2.24, 2.45) is 5.92 Å². The average molecular weight is 406 g/mol. The number of amides is 1. The molecule has 2 aromatic carbocycles. The Morgan fingerprint density at radius 1 is 1.25 bits per heavy atom. The molecule has 0 unspecified atom stereocenters. The Morgan fingerprint density at radius 2 is 2.00 bits per heavy atom. The second-order valence-corrected chi connectivity index (χ2v) is 8.66. The highest BCUT2D eigenvalue weighted by Crippen LogP contribution is 2.24. The first-order chi connectivity index (χ1) is 13.4.